The highest BCUT2D eigenvalue weighted by Gasteiger charge is 2.26. The van der Waals surface area contributed by atoms with Crippen LogP contribution in [0.3, 0.4) is 0 Å². The first-order valence-electron chi connectivity index (χ1n) is 11.6. The van der Waals surface area contributed by atoms with Gasteiger partial charge < -0.3 is 25.4 Å². The summed E-state index contributed by atoms with van der Waals surface area (Å²) in [6.07, 6.45) is 5.80. The van der Waals surface area contributed by atoms with Crippen LogP contribution in [0, 0.1) is 16.0 Å². The van der Waals surface area contributed by atoms with Gasteiger partial charge in [-0.2, -0.15) is 4.98 Å². The maximum absolute atomic E-state index is 12.0. The summed E-state index contributed by atoms with van der Waals surface area (Å²) >= 11 is 0. The minimum absolute atomic E-state index is 0.0646. The van der Waals surface area contributed by atoms with Crippen molar-refractivity contribution in [3.8, 4) is 5.88 Å². The molecule has 0 unspecified atom stereocenters. The van der Waals surface area contributed by atoms with Crippen LogP contribution in [-0.2, 0) is 11.3 Å². The minimum atomic E-state index is -0.533. The lowest BCUT2D eigenvalue weighted by molar-refractivity contribution is -0.384. The monoisotopic (exact) mass is 487 g/mol. The molecule has 0 radical (unpaired) electrons. The molecule has 0 atom stereocenters. The molecule has 0 aliphatic heterocycles. The summed E-state index contributed by atoms with van der Waals surface area (Å²) in [5, 5.41) is 20.6. The molecule has 3 rings (SSSR count). The van der Waals surface area contributed by atoms with Crippen molar-refractivity contribution in [2.75, 3.05) is 24.3 Å². The van der Waals surface area contributed by atoms with Crippen LogP contribution in [0.5, 0.6) is 5.88 Å². The number of alkyl carbamates (subject to hydrolysis) is 1. The first-order chi connectivity index (χ1) is 16.6. The molecule has 1 aliphatic carbocycles. The number of rotatable bonds is 9. The second-order valence-corrected chi connectivity index (χ2v) is 9.45. The van der Waals surface area contributed by atoms with Crippen molar-refractivity contribution < 1.29 is 19.2 Å². The van der Waals surface area contributed by atoms with E-state index in [1.165, 1.54) is 13.3 Å². The average molecular weight is 488 g/mol. The van der Waals surface area contributed by atoms with E-state index in [9.17, 15) is 14.9 Å². The van der Waals surface area contributed by atoms with E-state index in [1.807, 2.05) is 26.8 Å². The third-order valence-corrected chi connectivity index (χ3v) is 5.57. The van der Waals surface area contributed by atoms with Crippen molar-refractivity contribution in [2.24, 2.45) is 5.92 Å². The molecule has 12 nitrogen and oxygen atoms in total. The van der Waals surface area contributed by atoms with E-state index in [1.54, 1.807) is 12.3 Å². The summed E-state index contributed by atoms with van der Waals surface area (Å²) in [6.45, 7) is 6.38. The SMILES string of the molecule is COc1ncccc1CNc1ncc([N+](=O)[O-])c(NCC2CCC(NC(=O)OC(C)(C)C)CC2)n1. The lowest BCUT2D eigenvalue weighted by atomic mass is 9.86. The van der Waals surface area contributed by atoms with Crippen molar-refractivity contribution in [2.45, 2.75) is 64.6 Å². The highest BCUT2D eigenvalue weighted by Crippen LogP contribution is 2.27. The molecule has 3 N–H and O–H groups in total. The normalized spacial score (nSPS) is 17.8. The number of hydrogen-bond acceptors (Lipinski definition) is 10. The maximum atomic E-state index is 12.0. The van der Waals surface area contributed by atoms with Gasteiger partial charge in [-0.15, -0.1) is 0 Å². The zero-order chi connectivity index (χ0) is 25.4. The number of nitro groups is 1. The van der Waals surface area contributed by atoms with Crippen LogP contribution in [0.25, 0.3) is 0 Å². The Balaban J connectivity index is 1.54. The lowest BCUT2D eigenvalue weighted by Crippen LogP contribution is -2.41. The molecule has 0 spiro atoms. The highest BCUT2D eigenvalue weighted by molar-refractivity contribution is 5.68. The molecule has 0 aromatic carbocycles. The maximum Gasteiger partial charge on any atom is 0.407 e. The third-order valence-electron chi connectivity index (χ3n) is 5.57. The van der Waals surface area contributed by atoms with E-state index in [0.717, 1.165) is 31.2 Å². The van der Waals surface area contributed by atoms with E-state index >= 15 is 0 Å². The van der Waals surface area contributed by atoms with Crippen molar-refractivity contribution in [3.05, 3.63) is 40.2 Å². The van der Waals surface area contributed by atoms with Gasteiger partial charge in [0.25, 0.3) is 0 Å². The van der Waals surface area contributed by atoms with Crippen LogP contribution >= 0.6 is 0 Å². The van der Waals surface area contributed by atoms with E-state index in [-0.39, 0.29) is 23.5 Å². The Bertz CT molecular complexity index is 1020. The van der Waals surface area contributed by atoms with E-state index in [2.05, 4.69) is 30.9 Å². The number of nitrogens with zero attached hydrogens (tertiary/aromatic N) is 4. The van der Waals surface area contributed by atoms with Crippen LogP contribution < -0.4 is 20.7 Å². The number of nitrogens with one attached hydrogen (secondary N) is 3. The minimum Gasteiger partial charge on any atom is -0.481 e. The van der Waals surface area contributed by atoms with Crippen molar-refractivity contribution in [1.29, 1.82) is 0 Å². The highest BCUT2D eigenvalue weighted by atomic mass is 16.6. The van der Waals surface area contributed by atoms with Crippen molar-refractivity contribution in [3.63, 3.8) is 0 Å². The molecule has 190 valence electrons. The Hall–Kier alpha value is -3.70. The number of ether oxygens (including phenoxy) is 2. The summed E-state index contributed by atoms with van der Waals surface area (Å²) in [6, 6.07) is 3.72. The number of hydrogen-bond donors (Lipinski definition) is 3. The molecule has 35 heavy (non-hydrogen) atoms. The second kappa shape index (κ2) is 11.6. The molecule has 1 aliphatic rings. The second-order valence-electron chi connectivity index (χ2n) is 9.45. The van der Waals surface area contributed by atoms with Gasteiger partial charge >= 0.3 is 11.8 Å². The number of anilines is 2. The van der Waals surface area contributed by atoms with Crippen molar-refractivity contribution >= 4 is 23.5 Å². The number of aromatic nitrogens is 3. The Morgan fingerprint density at radius 3 is 2.60 bits per heavy atom. The van der Waals surface area contributed by atoms with Gasteiger partial charge in [-0.05, 0) is 58.4 Å². The van der Waals surface area contributed by atoms with Crippen LogP contribution in [0.15, 0.2) is 24.5 Å². The Morgan fingerprint density at radius 2 is 1.94 bits per heavy atom. The fourth-order valence-electron chi connectivity index (χ4n) is 3.87. The van der Waals surface area contributed by atoms with Crippen LogP contribution in [0.4, 0.5) is 22.2 Å². The van der Waals surface area contributed by atoms with Gasteiger partial charge in [-0.25, -0.2) is 14.8 Å². The molecule has 1 amide bonds. The largest absolute Gasteiger partial charge is 0.481 e. The van der Waals surface area contributed by atoms with Gasteiger partial charge in [0, 0.05) is 30.9 Å². The first kappa shape index (κ1) is 25.9. The van der Waals surface area contributed by atoms with Gasteiger partial charge in [-0.3, -0.25) is 10.1 Å². The van der Waals surface area contributed by atoms with Crippen molar-refractivity contribution in [1.82, 2.24) is 20.3 Å². The predicted octanol–water partition coefficient (Wildman–Crippen LogP) is 3.90. The molecule has 0 saturated heterocycles. The number of pyridine rings is 1. The average Bonchev–Trinajstić information content (AvgIpc) is 2.81. The lowest BCUT2D eigenvalue weighted by Gasteiger charge is -2.30. The number of methoxy groups -OCH3 is 1. The number of carbonyl (C=O) groups excluding carboxylic acids is 1. The third kappa shape index (κ3) is 7.94. The summed E-state index contributed by atoms with van der Waals surface area (Å²) in [5.74, 6) is 1.21. The summed E-state index contributed by atoms with van der Waals surface area (Å²) in [7, 11) is 1.54. The molecule has 0 bridgehead atoms. The van der Waals surface area contributed by atoms with Gasteiger partial charge in [0.1, 0.15) is 11.8 Å². The topological polar surface area (TPSA) is 153 Å². The smallest absolute Gasteiger partial charge is 0.407 e. The number of carbonyl (C=O) groups is 1. The van der Waals surface area contributed by atoms with E-state index in [0.29, 0.717) is 24.9 Å². The molecular formula is C23H33N7O5. The molecule has 2 heterocycles. The fraction of sp³-hybridized carbons (Fsp3) is 0.565. The molecule has 2 aromatic heterocycles. The summed E-state index contributed by atoms with van der Waals surface area (Å²) < 4.78 is 10.6. The van der Waals surface area contributed by atoms with Gasteiger partial charge in [0.2, 0.25) is 17.6 Å². The Labute approximate surface area is 204 Å². The van der Waals surface area contributed by atoms with Crippen LogP contribution in [0.1, 0.15) is 52.0 Å². The quantitative estimate of drug-likeness (QED) is 0.350. The molecular weight excluding hydrogens is 454 g/mol. The fourth-order valence-corrected chi connectivity index (χ4v) is 3.87. The molecule has 1 fully saturated rings. The molecule has 2 aromatic rings. The van der Waals surface area contributed by atoms with E-state index < -0.39 is 16.6 Å². The predicted molar refractivity (Wildman–Crippen MR) is 130 cm³/mol. The summed E-state index contributed by atoms with van der Waals surface area (Å²) in [4.78, 5) is 35.5. The van der Waals surface area contributed by atoms with Gasteiger partial charge in [-0.1, -0.05) is 6.07 Å². The van der Waals surface area contributed by atoms with Gasteiger partial charge in [0.15, 0.2) is 0 Å². The van der Waals surface area contributed by atoms with Gasteiger partial charge in [0.05, 0.1) is 12.0 Å². The zero-order valence-electron chi connectivity index (χ0n) is 20.5. The van der Waals surface area contributed by atoms with Crippen LogP contribution in [0.2, 0.25) is 0 Å². The Morgan fingerprint density at radius 1 is 1.20 bits per heavy atom. The van der Waals surface area contributed by atoms with E-state index in [4.69, 9.17) is 9.47 Å². The Kier molecular flexibility index (Phi) is 8.61. The molecule has 1 saturated carbocycles. The molecule has 12 heteroatoms. The number of amides is 1. The standard InChI is InChI=1S/C23H33N7O5/c1-23(2,3)35-22(31)28-17-9-7-15(8-10-17)12-25-19-18(30(32)33)14-27-21(29-19)26-13-16-6-5-11-24-20(16)34-4/h5-6,11,14-15,17H,7-10,12-13H2,1-4H3,(H,28,31)(H2,25,26,27,29). The van der Waals surface area contributed by atoms with Crippen LogP contribution in [-0.4, -0.2) is 51.3 Å². The first-order valence-corrected chi connectivity index (χ1v) is 11.6. The zero-order valence-corrected chi connectivity index (χ0v) is 20.5. The summed E-state index contributed by atoms with van der Waals surface area (Å²) in [5.41, 5.74) is 0.0906.